The zero-order valence-corrected chi connectivity index (χ0v) is 17.8. The number of hydrogen-bond donors (Lipinski definition) is 1. The standard InChI is InChI=1S/C24H19Cl2N3O/c1-16-13-23(28-29(16)15-20-11-12-21(25)14-22(20)26)27-24(30)19-9-7-18(8-10-19)17-5-3-2-4-6-17/h2-14H,15H2,1H3,(H,27,28,30). The summed E-state index contributed by atoms with van der Waals surface area (Å²) in [5.74, 6) is 0.290. The molecule has 6 heteroatoms. The molecule has 0 unspecified atom stereocenters. The van der Waals surface area contributed by atoms with Gasteiger partial charge in [0.15, 0.2) is 5.82 Å². The lowest BCUT2D eigenvalue weighted by atomic mass is 10.0. The van der Waals surface area contributed by atoms with Crippen molar-refractivity contribution in [3.63, 3.8) is 0 Å². The Hall–Kier alpha value is -3.08. The van der Waals surface area contributed by atoms with E-state index in [2.05, 4.69) is 10.4 Å². The lowest BCUT2D eigenvalue weighted by Crippen LogP contribution is -2.13. The van der Waals surface area contributed by atoms with Gasteiger partial charge in [-0.2, -0.15) is 5.10 Å². The molecule has 1 N–H and O–H groups in total. The fourth-order valence-electron chi connectivity index (χ4n) is 3.18. The predicted octanol–water partition coefficient (Wildman–Crippen LogP) is 6.47. The lowest BCUT2D eigenvalue weighted by molar-refractivity contribution is 0.102. The van der Waals surface area contributed by atoms with E-state index in [0.29, 0.717) is 28.0 Å². The molecule has 3 aromatic carbocycles. The third-order valence-electron chi connectivity index (χ3n) is 4.81. The number of aromatic nitrogens is 2. The highest BCUT2D eigenvalue weighted by Crippen LogP contribution is 2.23. The second-order valence-corrected chi connectivity index (χ2v) is 7.81. The number of hydrogen-bond acceptors (Lipinski definition) is 2. The number of aryl methyl sites for hydroxylation is 1. The molecule has 0 aliphatic carbocycles. The maximum Gasteiger partial charge on any atom is 0.256 e. The number of rotatable bonds is 5. The van der Waals surface area contributed by atoms with Crippen molar-refractivity contribution in [1.82, 2.24) is 9.78 Å². The Bertz CT molecular complexity index is 1190. The van der Waals surface area contributed by atoms with E-state index >= 15 is 0 Å². The molecule has 0 fully saturated rings. The first-order valence-corrected chi connectivity index (χ1v) is 10.2. The summed E-state index contributed by atoms with van der Waals surface area (Å²) < 4.78 is 1.79. The second-order valence-electron chi connectivity index (χ2n) is 6.96. The van der Waals surface area contributed by atoms with Crippen molar-refractivity contribution in [3.8, 4) is 11.1 Å². The van der Waals surface area contributed by atoms with Crippen molar-refractivity contribution < 1.29 is 4.79 Å². The Balaban J connectivity index is 1.47. The average Bonchev–Trinajstić information content (AvgIpc) is 3.09. The van der Waals surface area contributed by atoms with Crippen LogP contribution < -0.4 is 5.32 Å². The Morgan fingerprint density at radius 3 is 2.33 bits per heavy atom. The van der Waals surface area contributed by atoms with Crippen LogP contribution in [0.15, 0.2) is 78.9 Å². The van der Waals surface area contributed by atoms with E-state index in [9.17, 15) is 4.79 Å². The maximum atomic E-state index is 12.6. The highest BCUT2D eigenvalue weighted by Gasteiger charge is 2.12. The monoisotopic (exact) mass is 435 g/mol. The summed E-state index contributed by atoms with van der Waals surface area (Å²) >= 11 is 12.2. The van der Waals surface area contributed by atoms with E-state index in [-0.39, 0.29) is 5.91 Å². The highest BCUT2D eigenvalue weighted by atomic mass is 35.5. The Kier molecular flexibility index (Phi) is 5.88. The molecule has 0 spiro atoms. The Morgan fingerprint density at radius 2 is 1.63 bits per heavy atom. The number of benzene rings is 3. The molecule has 0 aliphatic rings. The molecule has 0 saturated carbocycles. The molecule has 0 bridgehead atoms. The van der Waals surface area contributed by atoms with Gasteiger partial charge in [-0.05, 0) is 47.9 Å². The number of nitrogens with one attached hydrogen (secondary N) is 1. The Labute approximate surface area is 185 Å². The van der Waals surface area contributed by atoms with Gasteiger partial charge in [0, 0.05) is 27.4 Å². The topological polar surface area (TPSA) is 46.9 Å². The summed E-state index contributed by atoms with van der Waals surface area (Å²) in [5.41, 5.74) is 4.56. The van der Waals surface area contributed by atoms with Gasteiger partial charge in [-0.1, -0.05) is 71.7 Å². The minimum absolute atomic E-state index is 0.205. The first kappa shape index (κ1) is 20.2. The van der Waals surface area contributed by atoms with Crippen LogP contribution in [-0.4, -0.2) is 15.7 Å². The molecule has 30 heavy (non-hydrogen) atoms. The molecule has 150 valence electrons. The molecular weight excluding hydrogens is 417 g/mol. The van der Waals surface area contributed by atoms with Crippen LogP contribution in [0.4, 0.5) is 5.82 Å². The normalized spacial score (nSPS) is 10.8. The van der Waals surface area contributed by atoms with Crippen LogP contribution in [0.2, 0.25) is 10.0 Å². The van der Waals surface area contributed by atoms with Gasteiger partial charge in [0.25, 0.3) is 5.91 Å². The fourth-order valence-corrected chi connectivity index (χ4v) is 3.64. The fraction of sp³-hybridized carbons (Fsp3) is 0.0833. The van der Waals surface area contributed by atoms with E-state index in [4.69, 9.17) is 23.2 Å². The summed E-state index contributed by atoms with van der Waals surface area (Å²) in [6.07, 6.45) is 0. The Morgan fingerprint density at radius 1 is 0.933 bits per heavy atom. The van der Waals surface area contributed by atoms with E-state index < -0.39 is 0 Å². The first-order valence-electron chi connectivity index (χ1n) is 9.45. The van der Waals surface area contributed by atoms with E-state index in [1.54, 1.807) is 16.8 Å². The summed E-state index contributed by atoms with van der Waals surface area (Å²) in [4.78, 5) is 12.6. The van der Waals surface area contributed by atoms with Crippen molar-refractivity contribution in [2.45, 2.75) is 13.5 Å². The van der Waals surface area contributed by atoms with Crippen LogP contribution in [-0.2, 0) is 6.54 Å². The van der Waals surface area contributed by atoms with Crippen molar-refractivity contribution in [1.29, 1.82) is 0 Å². The molecule has 0 saturated heterocycles. The van der Waals surface area contributed by atoms with Crippen LogP contribution in [0.5, 0.6) is 0 Å². The summed E-state index contributed by atoms with van der Waals surface area (Å²) in [5, 5.41) is 8.53. The van der Waals surface area contributed by atoms with Crippen molar-refractivity contribution in [3.05, 3.63) is 106 Å². The number of carbonyl (C=O) groups excluding carboxylic acids is 1. The van der Waals surface area contributed by atoms with Crippen molar-refractivity contribution >= 4 is 34.9 Å². The van der Waals surface area contributed by atoms with Gasteiger partial charge in [-0.3, -0.25) is 9.48 Å². The van der Waals surface area contributed by atoms with Crippen molar-refractivity contribution in [2.24, 2.45) is 0 Å². The molecule has 4 aromatic rings. The first-order chi connectivity index (χ1) is 14.5. The summed E-state index contributed by atoms with van der Waals surface area (Å²) in [7, 11) is 0. The minimum atomic E-state index is -0.205. The van der Waals surface area contributed by atoms with Crippen LogP contribution in [0, 0.1) is 6.92 Å². The van der Waals surface area contributed by atoms with Crippen LogP contribution >= 0.6 is 23.2 Å². The predicted molar refractivity (Wildman–Crippen MR) is 122 cm³/mol. The summed E-state index contributed by atoms with van der Waals surface area (Å²) in [6, 6.07) is 24.8. The van der Waals surface area contributed by atoms with Gasteiger partial charge >= 0.3 is 0 Å². The number of halogens is 2. The SMILES string of the molecule is Cc1cc(NC(=O)c2ccc(-c3ccccc3)cc2)nn1Cc1ccc(Cl)cc1Cl. The van der Waals surface area contributed by atoms with Gasteiger partial charge in [-0.15, -0.1) is 0 Å². The number of anilines is 1. The molecular formula is C24H19Cl2N3O. The third kappa shape index (κ3) is 4.56. The number of nitrogens with zero attached hydrogens (tertiary/aromatic N) is 2. The molecule has 1 heterocycles. The zero-order valence-electron chi connectivity index (χ0n) is 16.3. The number of carbonyl (C=O) groups is 1. The molecule has 0 aliphatic heterocycles. The number of amides is 1. The van der Waals surface area contributed by atoms with Gasteiger partial charge in [0.05, 0.1) is 6.54 Å². The van der Waals surface area contributed by atoms with Crippen LogP contribution in [0.1, 0.15) is 21.6 Å². The molecule has 0 radical (unpaired) electrons. The maximum absolute atomic E-state index is 12.6. The largest absolute Gasteiger partial charge is 0.305 e. The second kappa shape index (κ2) is 8.74. The van der Waals surface area contributed by atoms with Crippen LogP contribution in [0.3, 0.4) is 0 Å². The van der Waals surface area contributed by atoms with Gasteiger partial charge in [-0.25, -0.2) is 0 Å². The molecule has 4 rings (SSSR count). The lowest BCUT2D eigenvalue weighted by Gasteiger charge is -2.07. The minimum Gasteiger partial charge on any atom is -0.305 e. The average molecular weight is 436 g/mol. The molecule has 1 amide bonds. The van der Waals surface area contributed by atoms with E-state index in [1.165, 1.54) is 0 Å². The van der Waals surface area contributed by atoms with Gasteiger partial charge < -0.3 is 5.32 Å². The summed E-state index contributed by atoms with van der Waals surface area (Å²) in [6.45, 7) is 2.42. The zero-order chi connectivity index (χ0) is 21.1. The molecule has 4 nitrogen and oxygen atoms in total. The van der Waals surface area contributed by atoms with Gasteiger partial charge in [0.2, 0.25) is 0 Å². The van der Waals surface area contributed by atoms with E-state index in [0.717, 1.165) is 22.4 Å². The van der Waals surface area contributed by atoms with Crippen molar-refractivity contribution in [2.75, 3.05) is 5.32 Å². The molecule has 1 aromatic heterocycles. The van der Waals surface area contributed by atoms with Crippen LogP contribution in [0.25, 0.3) is 11.1 Å². The molecule has 0 atom stereocenters. The smallest absolute Gasteiger partial charge is 0.256 e. The highest BCUT2D eigenvalue weighted by molar-refractivity contribution is 6.35. The third-order valence-corrected chi connectivity index (χ3v) is 5.40. The van der Waals surface area contributed by atoms with E-state index in [1.807, 2.05) is 73.7 Å². The quantitative estimate of drug-likeness (QED) is 0.390. The van der Waals surface area contributed by atoms with Gasteiger partial charge in [0.1, 0.15) is 0 Å².